The van der Waals surface area contributed by atoms with Gasteiger partial charge in [-0.05, 0) is 25.0 Å². The first-order valence-corrected chi connectivity index (χ1v) is 6.11. The number of aromatic nitrogens is 1. The first-order valence-electron chi connectivity index (χ1n) is 6.11. The molecule has 1 aromatic rings. The predicted octanol–water partition coefficient (Wildman–Crippen LogP) is 2.03. The van der Waals surface area contributed by atoms with E-state index in [0.717, 1.165) is 18.5 Å². The van der Waals surface area contributed by atoms with Crippen molar-refractivity contribution in [1.29, 1.82) is 5.26 Å². The van der Waals surface area contributed by atoms with E-state index in [-0.39, 0.29) is 5.54 Å². The Balaban J connectivity index is 2.00. The van der Waals surface area contributed by atoms with Gasteiger partial charge >= 0.3 is 0 Å². The minimum atomic E-state index is -0.124. The Morgan fingerprint density at radius 1 is 1.41 bits per heavy atom. The molecule has 1 aliphatic rings. The van der Waals surface area contributed by atoms with E-state index < -0.39 is 0 Å². The Morgan fingerprint density at radius 3 is 2.88 bits per heavy atom. The lowest BCUT2D eigenvalue weighted by Crippen LogP contribution is -2.47. The SMILES string of the molecule is N#Cc1ncccc1NCC1(N)CCCCC1. The lowest BCUT2D eigenvalue weighted by Gasteiger charge is -2.33. The quantitative estimate of drug-likeness (QED) is 0.833. The fraction of sp³-hybridized carbons (Fsp3) is 0.538. The number of rotatable bonds is 3. The topological polar surface area (TPSA) is 74.7 Å². The molecule has 1 fully saturated rings. The predicted molar refractivity (Wildman–Crippen MR) is 67.4 cm³/mol. The molecule has 1 saturated carbocycles. The van der Waals surface area contributed by atoms with Crippen molar-refractivity contribution in [3.05, 3.63) is 24.0 Å². The van der Waals surface area contributed by atoms with Gasteiger partial charge in [0.05, 0.1) is 5.69 Å². The maximum absolute atomic E-state index is 8.94. The van der Waals surface area contributed by atoms with Gasteiger partial charge in [0.15, 0.2) is 5.69 Å². The van der Waals surface area contributed by atoms with Crippen molar-refractivity contribution in [2.75, 3.05) is 11.9 Å². The van der Waals surface area contributed by atoms with Crippen LogP contribution in [0.1, 0.15) is 37.8 Å². The summed E-state index contributed by atoms with van der Waals surface area (Å²) < 4.78 is 0. The van der Waals surface area contributed by atoms with Crippen LogP contribution in [0.3, 0.4) is 0 Å². The standard InChI is InChI=1S/C13H18N4/c14-9-12-11(5-4-8-16-12)17-10-13(15)6-2-1-3-7-13/h4-5,8,17H,1-3,6-7,10,15H2. The third-order valence-electron chi connectivity index (χ3n) is 3.39. The number of hydrogen-bond donors (Lipinski definition) is 2. The molecule has 0 aliphatic heterocycles. The fourth-order valence-corrected chi connectivity index (χ4v) is 2.34. The summed E-state index contributed by atoms with van der Waals surface area (Å²) >= 11 is 0. The summed E-state index contributed by atoms with van der Waals surface area (Å²) in [5.74, 6) is 0. The zero-order valence-electron chi connectivity index (χ0n) is 9.95. The number of hydrogen-bond acceptors (Lipinski definition) is 4. The molecule has 2 rings (SSSR count). The van der Waals surface area contributed by atoms with Crippen LogP contribution < -0.4 is 11.1 Å². The van der Waals surface area contributed by atoms with E-state index in [1.807, 2.05) is 12.1 Å². The molecule has 1 aromatic heterocycles. The largest absolute Gasteiger partial charge is 0.381 e. The van der Waals surface area contributed by atoms with E-state index >= 15 is 0 Å². The zero-order valence-corrected chi connectivity index (χ0v) is 9.95. The van der Waals surface area contributed by atoms with Gasteiger partial charge < -0.3 is 11.1 Å². The summed E-state index contributed by atoms with van der Waals surface area (Å²) in [7, 11) is 0. The van der Waals surface area contributed by atoms with Crippen LogP contribution >= 0.6 is 0 Å². The van der Waals surface area contributed by atoms with Crippen molar-refractivity contribution in [3.8, 4) is 6.07 Å². The molecule has 0 amide bonds. The number of nitrogens with two attached hydrogens (primary N) is 1. The molecule has 0 spiro atoms. The van der Waals surface area contributed by atoms with Crippen molar-refractivity contribution >= 4 is 5.69 Å². The van der Waals surface area contributed by atoms with Gasteiger partial charge in [-0.25, -0.2) is 4.98 Å². The summed E-state index contributed by atoms with van der Waals surface area (Å²) in [6.07, 6.45) is 7.44. The molecule has 1 heterocycles. The molecule has 3 N–H and O–H groups in total. The van der Waals surface area contributed by atoms with Crippen molar-refractivity contribution in [3.63, 3.8) is 0 Å². The van der Waals surface area contributed by atoms with Crippen LogP contribution in [0.5, 0.6) is 0 Å². The monoisotopic (exact) mass is 230 g/mol. The van der Waals surface area contributed by atoms with E-state index in [9.17, 15) is 0 Å². The van der Waals surface area contributed by atoms with Crippen LogP contribution in [0.15, 0.2) is 18.3 Å². The first-order chi connectivity index (χ1) is 8.23. The van der Waals surface area contributed by atoms with Crippen LogP contribution in [-0.4, -0.2) is 17.1 Å². The second kappa shape index (κ2) is 5.15. The minimum absolute atomic E-state index is 0.124. The summed E-state index contributed by atoms with van der Waals surface area (Å²) in [6.45, 7) is 0.716. The average molecular weight is 230 g/mol. The number of nitrogens with zero attached hydrogens (tertiary/aromatic N) is 2. The van der Waals surface area contributed by atoms with Gasteiger partial charge in [0.1, 0.15) is 6.07 Å². The number of nitrogens with one attached hydrogen (secondary N) is 1. The van der Waals surface area contributed by atoms with Gasteiger partial charge in [-0.2, -0.15) is 5.26 Å². The third kappa shape index (κ3) is 2.95. The van der Waals surface area contributed by atoms with Crippen LogP contribution in [0.4, 0.5) is 5.69 Å². The van der Waals surface area contributed by atoms with Gasteiger partial charge in [-0.3, -0.25) is 0 Å². The van der Waals surface area contributed by atoms with E-state index in [1.165, 1.54) is 19.3 Å². The van der Waals surface area contributed by atoms with Crippen molar-refractivity contribution in [1.82, 2.24) is 4.98 Å². The Hall–Kier alpha value is -1.60. The smallest absolute Gasteiger partial charge is 0.163 e. The van der Waals surface area contributed by atoms with E-state index in [4.69, 9.17) is 11.0 Å². The van der Waals surface area contributed by atoms with E-state index in [0.29, 0.717) is 12.2 Å². The molecule has 4 nitrogen and oxygen atoms in total. The van der Waals surface area contributed by atoms with Crippen molar-refractivity contribution in [2.45, 2.75) is 37.6 Å². The van der Waals surface area contributed by atoms with E-state index in [2.05, 4.69) is 16.4 Å². The van der Waals surface area contributed by atoms with Gasteiger partial charge in [-0.1, -0.05) is 19.3 Å². The Morgan fingerprint density at radius 2 is 2.18 bits per heavy atom. The molecular formula is C13H18N4. The molecule has 0 radical (unpaired) electrons. The third-order valence-corrected chi connectivity index (χ3v) is 3.39. The number of nitriles is 1. The molecule has 0 atom stereocenters. The van der Waals surface area contributed by atoms with Crippen LogP contribution in [-0.2, 0) is 0 Å². The summed E-state index contributed by atoms with van der Waals surface area (Å²) in [5, 5.41) is 12.2. The van der Waals surface area contributed by atoms with Gasteiger partial charge in [0.2, 0.25) is 0 Å². The van der Waals surface area contributed by atoms with Gasteiger partial charge in [0, 0.05) is 18.3 Å². The fourth-order valence-electron chi connectivity index (χ4n) is 2.34. The molecule has 4 heteroatoms. The minimum Gasteiger partial charge on any atom is -0.381 e. The molecule has 0 saturated heterocycles. The van der Waals surface area contributed by atoms with E-state index in [1.54, 1.807) is 6.20 Å². The molecule has 17 heavy (non-hydrogen) atoms. The molecule has 0 aromatic carbocycles. The average Bonchev–Trinajstić information content (AvgIpc) is 2.38. The van der Waals surface area contributed by atoms with Gasteiger partial charge in [-0.15, -0.1) is 0 Å². The number of anilines is 1. The van der Waals surface area contributed by atoms with Gasteiger partial charge in [0.25, 0.3) is 0 Å². The van der Waals surface area contributed by atoms with Crippen molar-refractivity contribution < 1.29 is 0 Å². The normalized spacial score (nSPS) is 18.4. The highest BCUT2D eigenvalue weighted by Gasteiger charge is 2.27. The highest BCUT2D eigenvalue weighted by Crippen LogP contribution is 2.26. The number of pyridine rings is 1. The van der Waals surface area contributed by atoms with Crippen LogP contribution in [0.2, 0.25) is 0 Å². The summed E-state index contributed by atoms with van der Waals surface area (Å²) in [5.41, 5.74) is 7.43. The second-order valence-electron chi connectivity index (χ2n) is 4.79. The maximum atomic E-state index is 8.94. The Labute approximate surface area is 102 Å². The summed E-state index contributed by atoms with van der Waals surface area (Å²) in [6, 6.07) is 5.78. The Bertz CT molecular complexity index is 416. The summed E-state index contributed by atoms with van der Waals surface area (Å²) in [4.78, 5) is 4.02. The maximum Gasteiger partial charge on any atom is 0.163 e. The highest BCUT2D eigenvalue weighted by molar-refractivity contribution is 5.53. The first kappa shape index (κ1) is 11.9. The molecule has 0 unspecified atom stereocenters. The molecule has 1 aliphatic carbocycles. The lowest BCUT2D eigenvalue weighted by atomic mass is 9.82. The second-order valence-corrected chi connectivity index (χ2v) is 4.79. The molecule has 90 valence electrons. The molecular weight excluding hydrogens is 212 g/mol. The van der Waals surface area contributed by atoms with Crippen molar-refractivity contribution in [2.24, 2.45) is 5.73 Å². The lowest BCUT2D eigenvalue weighted by molar-refractivity contribution is 0.311. The molecule has 0 bridgehead atoms. The van der Waals surface area contributed by atoms with Crippen LogP contribution in [0, 0.1) is 11.3 Å². The van der Waals surface area contributed by atoms with Crippen LogP contribution in [0.25, 0.3) is 0 Å². The zero-order chi connectivity index (χ0) is 12.1. The Kier molecular flexibility index (Phi) is 3.60. The highest BCUT2D eigenvalue weighted by atomic mass is 15.0.